The van der Waals surface area contributed by atoms with Crippen molar-refractivity contribution in [1.82, 2.24) is 16.0 Å². The molecule has 1 aromatic rings. The average molecular weight is 351 g/mol. The number of hydrogen-bond acceptors (Lipinski definition) is 5. The highest BCUT2D eigenvalue weighted by molar-refractivity contribution is 5.97. The minimum absolute atomic E-state index is 0.255. The van der Waals surface area contributed by atoms with Gasteiger partial charge in [-0.2, -0.15) is 0 Å². The van der Waals surface area contributed by atoms with Crippen molar-refractivity contribution in [2.75, 3.05) is 25.0 Å². The Morgan fingerprint density at radius 2 is 1.72 bits per heavy atom. The van der Waals surface area contributed by atoms with Gasteiger partial charge in [-0.25, -0.2) is 4.79 Å². The van der Waals surface area contributed by atoms with Gasteiger partial charge in [-0.15, -0.1) is 0 Å². The lowest BCUT2D eigenvalue weighted by atomic mass is 10.2. The third-order valence-corrected chi connectivity index (χ3v) is 3.07. The van der Waals surface area contributed by atoms with Crippen molar-refractivity contribution in [3.05, 3.63) is 29.8 Å². The lowest BCUT2D eigenvalue weighted by Crippen LogP contribution is -2.51. The smallest absolute Gasteiger partial charge is 0.405 e. The molecule has 136 valence electrons. The van der Waals surface area contributed by atoms with Crippen LogP contribution in [0.1, 0.15) is 5.56 Å². The van der Waals surface area contributed by atoms with Crippen LogP contribution in [0.25, 0.3) is 0 Å². The van der Waals surface area contributed by atoms with Crippen molar-refractivity contribution in [1.29, 1.82) is 0 Å². The number of nitrogens with one attached hydrogen (secondary N) is 4. The van der Waals surface area contributed by atoms with Gasteiger partial charge in [-0.05, 0) is 19.1 Å². The molecule has 0 aliphatic heterocycles. The van der Waals surface area contributed by atoms with Crippen LogP contribution in [0.5, 0.6) is 0 Å². The van der Waals surface area contributed by atoms with E-state index in [0.717, 1.165) is 5.56 Å². The van der Waals surface area contributed by atoms with E-state index in [-0.39, 0.29) is 19.6 Å². The standard InChI is InChI=1S/C15H21N5O5/c1-9-2-4-10(5-3-9)19-14(23)11(20-15(24)25)7-17-13(22)8-18-12(21)6-16/h2-5,11,20H,6-8,16H2,1H3,(H,17,22)(H,18,21)(H,19,23)(H,24,25)/t11-/m0/s1. The van der Waals surface area contributed by atoms with Crippen LogP contribution in [0.4, 0.5) is 10.5 Å². The van der Waals surface area contributed by atoms with Crippen molar-refractivity contribution in [2.45, 2.75) is 13.0 Å². The van der Waals surface area contributed by atoms with Crippen LogP contribution in [-0.2, 0) is 14.4 Å². The second-order valence-corrected chi connectivity index (χ2v) is 5.14. The Labute approximate surface area is 144 Å². The highest BCUT2D eigenvalue weighted by atomic mass is 16.4. The van der Waals surface area contributed by atoms with Gasteiger partial charge in [0.15, 0.2) is 0 Å². The van der Waals surface area contributed by atoms with E-state index < -0.39 is 29.9 Å². The minimum atomic E-state index is -1.41. The molecule has 25 heavy (non-hydrogen) atoms. The molecule has 1 aromatic carbocycles. The number of hydrogen-bond donors (Lipinski definition) is 6. The van der Waals surface area contributed by atoms with Crippen molar-refractivity contribution >= 4 is 29.5 Å². The maximum Gasteiger partial charge on any atom is 0.405 e. The molecule has 0 aliphatic carbocycles. The monoisotopic (exact) mass is 351 g/mol. The number of carbonyl (C=O) groups excluding carboxylic acids is 3. The van der Waals surface area contributed by atoms with Crippen LogP contribution in [0, 0.1) is 6.92 Å². The molecule has 7 N–H and O–H groups in total. The fraction of sp³-hybridized carbons (Fsp3) is 0.333. The fourth-order valence-corrected chi connectivity index (χ4v) is 1.75. The van der Waals surface area contributed by atoms with Gasteiger partial charge < -0.3 is 32.1 Å². The third kappa shape index (κ3) is 7.79. The Morgan fingerprint density at radius 3 is 2.28 bits per heavy atom. The number of rotatable bonds is 8. The first-order chi connectivity index (χ1) is 11.8. The molecule has 1 rings (SSSR count). The molecule has 10 heteroatoms. The molecule has 4 amide bonds. The molecular formula is C15H21N5O5. The second kappa shape index (κ2) is 9.88. The zero-order chi connectivity index (χ0) is 18.8. The van der Waals surface area contributed by atoms with Gasteiger partial charge in [0.25, 0.3) is 0 Å². The molecule has 0 aromatic heterocycles. The van der Waals surface area contributed by atoms with Gasteiger partial charge in [-0.3, -0.25) is 14.4 Å². The van der Waals surface area contributed by atoms with Crippen molar-refractivity contribution in [3.8, 4) is 0 Å². The largest absolute Gasteiger partial charge is 0.465 e. The average Bonchev–Trinajstić information content (AvgIpc) is 2.57. The Kier molecular flexibility index (Phi) is 7.87. The van der Waals surface area contributed by atoms with Crippen LogP contribution >= 0.6 is 0 Å². The summed E-state index contributed by atoms with van der Waals surface area (Å²) in [5.74, 6) is -1.72. The van der Waals surface area contributed by atoms with E-state index in [1.807, 2.05) is 12.2 Å². The Hall–Kier alpha value is -3.14. The van der Waals surface area contributed by atoms with Gasteiger partial charge in [0.2, 0.25) is 17.7 Å². The first-order valence-corrected chi connectivity index (χ1v) is 7.42. The van der Waals surface area contributed by atoms with E-state index in [2.05, 4.69) is 16.0 Å². The van der Waals surface area contributed by atoms with E-state index in [4.69, 9.17) is 10.8 Å². The Bertz CT molecular complexity index is 632. The molecule has 0 radical (unpaired) electrons. The van der Waals surface area contributed by atoms with E-state index >= 15 is 0 Å². The number of benzene rings is 1. The summed E-state index contributed by atoms with van der Waals surface area (Å²) in [7, 11) is 0. The summed E-state index contributed by atoms with van der Waals surface area (Å²) in [6, 6.07) is 5.72. The van der Waals surface area contributed by atoms with Gasteiger partial charge in [-0.1, -0.05) is 17.7 Å². The zero-order valence-corrected chi connectivity index (χ0v) is 13.7. The van der Waals surface area contributed by atoms with Gasteiger partial charge in [0.1, 0.15) is 6.04 Å². The van der Waals surface area contributed by atoms with Crippen molar-refractivity contribution in [2.24, 2.45) is 5.73 Å². The normalized spacial score (nSPS) is 11.1. The lowest BCUT2D eigenvalue weighted by molar-refractivity contribution is -0.125. The van der Waals surface area contributed by atoms with Crippen molar-refractivity contribution in [3.63, 3.8) is 0 Å². The second-order valence-electron chi connectivity index (χ2n) is 5.14. The van der Waals surface area contributed by atoms with Crippen molar-refractivity contribution < 1.29 is 24.3 Å². The number of amides is 4. The summed E-state index contributed by atoms with van der Waals surface area (Å²) in [6.45, 7) is 1.03. The summed E-state index contributed by atoms with van der Waals surface area (Å²) in [6.07, 6.45) is -1.41. The minimum Gasteiger partial charge on any atom is -0.465 e. The predicted octanol–water partition coefficient (Wildman–Crippen LogP) is -1.24. The number of nitrogens with two attached hydrogens (primary N) is 1. The number of anilines is 1. The maximum absolute atomic E-state index is 12.2. The summed E-state index contributed by atoms with van der Waals surface area (Å²) in [5, 5.41) is 18.0. The van der Waals surface area contributed by atoms with Crippen LogP contribution in [0.2, 0.25) is 0 Å². The summed E-state index contributed by atoms with van der Waals surface area (Å²) < 4.78 is 0. The Balaban J connectivity index is 2.58. The van der Waals surface area contributed by atoms with Crippen LogP contribution in [0.3, 0.4) is 0 Å². The number of carbonyl (C=O) groups is 4. The summed E-state index contributed by atoms with van der Waals surface area (Å²) in [4.78, 5) is 45.6. The quantitative estimate of drug-likeness (QED) is 0.343. The fourth-order valence-electron chi connectivity index (χ4n) is 1.75. The van der Waals surface area contributed by atoms with E-state index in [0.29, 0.717) is 5.69 Å². The molecule has 0 unspecified atom stereocenters. The van der Waals surface area contributed by atoms with Gasteiger partial charge >= 0.3 is 6.09 Å². The maximum atomic E-state index is 12.2. The topological polar surface area (TPSA) is 163 Å². The molecule has 0 aliphatic rings. The van der Waals surface area contributed by atoms with E-state index in [1.165, 1.54) is 0 Å². The van der Waals surface area contributed by atoms with Gasteiger partial charge in [0, 0.05) is 12.2 Å². The molecule has 1 atom stereocenters. The molecule has 0 saturated carbocycles. The molecule has 0 heterocycles. The number of aryl methyl sites for hydroxylation is 1. The SMILES string of the molecule is Cc1ccc(NC(=O)[C@H](CNC(=O)CNC(=O)CN)NC(=O)O)cc1. The summed E-state index contributed by atoms with van der Waals surface area (Å²) in [5.41, 5.74) is 6.59. The predicted molar refractivity (Wildman–Crippen MR) is 89.8 cm³/mol. The molecule has 0 saturated heterocycles. The number of carboxylic acid groups (broad SMARTS) is 1. The first-order valence-electron chi connectivity index (χ1n) is 7.42. The first kappa shape index (κ1) is 19.9. The Morgan fingerprint density at radius 1 is 1.08 bits per heavy atom. The summed E-state index contributed by atoms with van der Waals surface area (Å²) >= 11 is 0. The van der Waals surface area contributed by atoms with Crippen LogP contribution in [-0.4, -0.2) is 54.6 Å². The molecule has 0 bridgehead atoms. The van der Waals surface area contributed by atoms with Crippen LogP contribution < -0.4 is 27.0 Å². The van der Waals surface area contributed by atoms with Gasteiger partial charge in [0.05, 0.1) is 13.1 Å². The van der Waals surface area contributed by atoms with Crippen LogP contribution in [0.15, 0.2) is 24.3 Å². The third-order valence-electron chi connectivity index (χ3n) is 3.07. The molecule has 0 spiro atoms. The lowest BCUT2D eigenvalue weighted by Gasteiger charge is -2.17. The molecule has 10 nitrogen and oxygen atoms in total. The highest BCUT2D eigenvalue weighted by Crippen LogP contribution is 2.08. The van der Waals surface area contributed by atoms with E-state index in [1.54, 1.807) is 24.3 Å². The molecular weight excluding hydrogens is 330 g/mol. The zero-order valence-electron chi connectivity index (χ0n) is 13.7. The highest BCUT2D eigenvalue weighted by Gasteiger charge is 2.21. The molecule has 0 fully saturated rings. The van der Waals surface area contributed by atoms with E-state index in [9.17, 15) is 19.2 Å².